The van der Waals surface area contributed by atoms with Crippen LogP contribution in [0.4, 0.5) is 0 Å². The second-order valence-corrected chi connectivity index (χ2v) is 7.16. The zero-order valence-corrected chi connectivity index (χ0v) is 17.1. The fourth-order valence-electron chi connectivity index (χ4n) is 3.46. The number of carbonyl (C=O) groups excluding carboxylic acids is 2. The lowest BCUT2D eigenvalue weighted by Gasteiger charge is -2.22. The summed E-state index contributed by atoms with van der Waals surface area (Å²) in [5.74, 6) is 0.199. The molecule has 1 rings (SSSR count). The first-order valence-electron chi connectivity index (χ1n) is 10.4. The highest BCUT2D eigenvalue weighted by Crippen LogP contribution is 2.21. The number of amides is 2. The molecule has 0 bridgehead atoms. The number of ether oxygens (including phenoxy) is 2. The molecule has 1 fully saturated rings. The van der Waals surface area contributed by atoms with Crippen molar-refractivity contribution in [1.82, 2.24) is 10.2 Å². The summed E-state index contributed by atoms with van der Waals surface area (Å²) >= 11 is 0. The van der Waals surface area contributed by atoms with Crippen molar-refractivity contribution in [3.05, 3.63) is 0 Å². The van der Waals surface area contributed by atoms with Crippen molar-refractivity contribution < 1.29 is 24.2 Å². The number of unbranched alkanes of at least 4 members (excludes halogenated alkanes) is 4. The molecule has 1 aliphatic rings. The van der Waals surface area contributed by atoms with E-state index in [0.717, 1.165) is 45.1 Å². The Hall–Kier alpha value is -1.18. The summed E-state index contributed by atoms with van der Waals surface area (Å²) in [7, 11) is 1.69. The van der Waals surface area contributed by atoms with E-state index in [1.54, 1.807) is 12.0 Å². The topological polar surface area (TPSA) is 88.1 Å². The summed E-state index contributed by atoms with van der Waals surface area (Å²) in [5, 5.41) is 12.4. The van der Waals surface area contributed by atoms with Crippen molar-refractivity contribution in [3.8, 4) is 0 Å². The monoisotopic (exact) mass is 386 g/mol. The number of aliphatic hydroxyl groups excluding tert-OH is 1. The number of likely N-dealkylation sites (tertiary alicyclic amines) is 1. The van der Waals surface area contributed by atoms with Crippen LogP contribution >= 0.6 is 0 Å². The first-order chi connectivity index (χ1) is 13.1. The smallest absolute Gasteiger partial charge is 0.222 e. The van der Waals surface area contributed by atoms with Crippen molar-refractivity contribution in [2.75, 3.05) is 40.0 Å². The van der Waals surface area contributed by atoms with Crippen molar-refractivity contribution in [3.63, 3.8) is 0 Å². The van der Waals surface area contributed by atoms with Gasteiger partial charge in [-0.1, -0.05) is 12.8 Å². The van der Waals surface area contributed by atoms with E-state index >= 15 is 0 Å². The van der Waals surface area contributed by atoms with Gasteiger partial charge in [-0.25, -0.2) is 0 Å². The molecule has 158 valence electrons. The molecule has 0 radical (unpaired) electrons. The molecule has 0 aromatic heterocycles. The number of hydrogen-bond donors (Lipinski definition) is 2. The maximum atomic E-state index is 12.4. The third kappa shape index (κ3) is 10.1. The number of rotatable bonds is 15. The molecular weight excluding hydrogens is 348 g/mol. The summed E-state index contributed by atoms with van der Waals surface area (Å²) in [6, 6.07) is -0.114. The van der Waals surface area contributed by atoms with Crippen molar-refractivity contribution >= 4 is 11.8 Å². The van der Waals surface area contributed by atoms with Crippen LogP contribution in [0.1, 0.15) is 64.7 Å². The lowest BCUT2D eigenvalue weighted by Crippen LogP contribution is -2.37. The Bertz CT molecular complexity index is 419. The van der Waals surface area contributed by atoms with Crippen molar-refractivity contribution in [1.29, 1.82) is 0 Å². The fraction of sp³-hybridized carbons (Fsp3) is 0.900. The lowest BCUT2D eigenvalue weighted by molar-refractivity contribution is -0.133. The highest BCUT2D eigenvalue weighted by Gasteiger charge is 2.34. The van der Waals surface area contributed by atoms with Gasteiger partial charge in [-0.15, -0.1) is 0 Å². The molecule has 0 unspecified atom stereocenters. The van der Waals surface area contributed by atoms with Gasteiger partial charge in [-0.3, -0.25) is 9.59 Å². The van der Waals surface area contributed by atoms with E-state index in [4.69, 9.17) is 9.47 Å². The maximum Gasteiger partial charge on any atom is 0.222 e. The Morgan fingerprint density at radius 2 is 1.85 bits per heavy atom. The summed E-state index contributed by atoms with van der Waals surface area (Å²) in [5.41, 5.74) is 0. The Morgan fingerprint density at radius 3 is 2.56 bits per heavy atom. The summed E-state index contributed by atoms with van der Waals surface area (Å²) in [6.07, 6.45) is 7.32. The molecule has 2 N–H and O–H groups in total. The van der Waals surface area contributed by atoms with Crippen LogP contribution in [0.5, 0.6) is 0 Å². The summed E-state index contributed by atoms with van der Waals surface area (Å²) < 4.78 is 10.6. The number of methoxy groups -OCH3 is 1. The van der Waals surface area contributed by atoms with E-state index < -0.39 is 0 Å². The Kier molecular flexibility index (Phi) is 13.1. The largest absolute Gasteiger partial charge is 0.394 e. The third-order valence-corrected chi connectivity index (χ3v) is 4.95. The van der Waals surface area contributed by atoms with Crippen LogP contribution in [0.3, 0.4) is 0 Å². The molecule has 7 heteroatoms. The molecule has 0 spiro atoms. The summed E-state index contributed by atoms with van der Waals surface area (Å²) in [4.78, 5) is 25.9. The molecule has 0 aliphatic carbocycles. The molecule has 27 heavy (non-hydrogen) atoms. The van der Waals surface area contributed by atoms with Crippen LogP contribution in [0.15, 0.2) is 0 Å². The average molecular weight is 387 g/mol. The minimum atomic E-state index is -0.114. The van der Waals surface area contributed by atoms with Crippen LogP contribution in [0.2, 0.25) is 0 Å². The van der Waals surface area contributed by atoms with Gasteiger partial charge in [0.05, 0.1) is 18.8 Å². The zero-order valence-electron chi connectivity index (χ0n) is 17.1. The van der Waals surface area contributed by atoms with E-state index in [9.17, 15) is 14.7 Å². The number of nitrogens with zero attached hydrogens (tertiary/aromatic N) is 1. The van der Waals surface area contributed by atoms with Crippen LogP contribution in [0, 0.1) is 0 Å². The van der Waals surface area contributed by atoms with E-state index in [-0.39, 0.29) is 30.6 Å². The molecule has 7 nitrogen and oxygen atoms in total. The highest BCUT2D eigenvalue weighted by molar-refractivity contribution is 5.77. The van der Waals surface area contributed by atoms with Gasteiger partial charge in [-0.2, -0.15) is 0 Å². The van der Waals surface area contributed by atoms with Gasteiger partial charge in [0.25, 0.3) is 0 Å². The molecule has 2 atom stereocenters. The number of aliphatic hydroxyl groups is 1. The second kappa shape index (κ2) is 14.8. The Balaban J connectivity index is 2.05. The predicted octanol–water partition coefficient (Wildman–Crippen LogP) is 1.87. The second-order valence-electron chi connectivity index (χ2n) is 7.16. The van der Waals surface area contributed by atoms with Gasteiger partial charge >= 0.3 is 0 Å². The SMILES string of the molecule is CCO[C@@H]1C[C@@H](CO)N(C(=O)CCCCCNC(=O)CCCCCOC)C1. The standard InChI is InChI=1S/C20H38N2O5/c1-3-27-18-14-17(16-23)22(15-18)20(25)11-7-4-8-12-21-19(24)10-6-5-9-13-26-2/h17-18,23H,3-16H2,1-2H3,(H,21,24)/t17-,18+/m0/s1. The van der Waals surface area contributed by atoms with Gasteiger partial charge in [0.15, 0.2) is 0 Å². The molecule has 2 amide bonds. The van der Waals surface area contributed by atoms with Crippen LogP contribution in [-0.4, -0.2) is 74.0 Å². The van der Waals surface area contributed by atoms with Crippen LogP contribution in [-0.2, 0) is 19.1 Å². The fourth-order valence-corrected chi connectivity index (χ4v) is 3.46. The number of hydrogen-bond acceptors (Lipinski definition) is 5. The number of carbonyl (C=O) groups is 2. The van der Waals surface area contributed by atoms with E-state index in [2.05, 4.69) is 5.32 Å². The van der Waals surface area contributed by atoms with Crippen LogP contribution < -0.4 is 5.32 Å². The quantitative estimate of drug-likeness (QED) is 0.420. The van der Waals surface area contributed by atoms with Crippen molar-refractivity contribution in [2.45, 2.75) is 76.9 Å². The maximum absolute atomic E-state index is 12.4. The number of nitrogens with one attached hydrogen (secondary N) is 1. The van der Waals surface area contributed by atoms with E-state index in [0.29, 0.717) is 39.0 Å². The van der Waals surface area contributed by atoms with Gasteiger partial charge < -0.3 is 24.8 Å². The van der Waals surface area contributed by atoms with Gasteiger partial charge in [0, 0.05) is 46.3 Å². The average Bonchev–Trinajstić information content (AvgIpc) is 3.07. The molecule has 0 aromatic rings. The van der Waals surface area contributed by atoms with Crippen molar-refractivity contribution in [2.24, 2.45) is 0 Å². The van der Waals surface area contributed by atoms with E-state index in [1.165, 1.54) is 0 Å². The first kappa shape index (κ1) is 23.9. The molecule has 1 heterocycles. The van der Waals surface area contributed by atoms with Gasteiger partial charge in [0.1, 0.15) is 0 Å². The minimum Gasteiger partial charge on any atom is -0.394 e. The summed E-state index contributed by atoms with van der Waals surface area (Å²) in [6.45, 7) is 4.57. The van der Waals surface area contributed by atoms with Gasteiger partial charge in [0.2, 0.25) is 11.8 Å². The molecule has 1 saturated heterocycles. The Morgan fingerprint density at radius 1 is 1.11 bits per heavy atom. The molecule has 1 aliphatic heterocycles. The normalized spacial score (nSPS) is 19.4. The minimum absolute atomic E-state index is 0.00713. The van der Waals surface area contributed by atoms with Crippen LogP contribution in [0.25, 0.3) is 0 Å². The predicted molar refractivity (Wildman–Crippen MR) is 104 cm³/mol. The van der Waals surface area contributed by atoms with Gasteiger partial charge in [-0.05, 0) is 39.0 Å². The molecular formula is C20H38N2O5. The lowest BCUT2D eigenvalue weighted by atomic mass is 10.1. The highest BCUT2D eigenvalue weighted by atomic mass is 16.5. The van der Waals surface area contributed by atoms with E-state index in [1.807, 2.05) is 6.92 Å². The third-order valence-electron chi connectivity index (χ3n) is 4.95. The zero-order chi connectivity index (χ0) is 19.9. The first-order valence-corrected chi connectivity index (χ1v) is 10.4. The molecule has 0 aromatic carbocycles. The molecule has 0 saturated carbocycles. The Labute approximate surface area is 163 Å².